The Balaban J connectivity index is 1.48. The molecule has 3 aromatic rings. The zero-order chi connectivity index (χ0) is 21.7. The number of hydrogen-bond donors (Lipinski definition) is 0. The molecule has 0 spiro atoms. The third-order valence-corrected chi connectivity index (χ3v) is 8.06. The van der Waals surface area contributed by atoms with Crippen molar-refractivity contribution in [3.8, 4) is 0 Å². The Hall–Kier alpha value is -2.13. The number of rotatable bonds is 8. The van der Waals surface area contributed by atoms with Crippen molar-refractivity contribution in [1.29, 1.82) is 0 Å². The topological polar surface area (TPSA) is 64.4 Å². The molecule has 4 rings (SSSR count). The number of nitrogens with zero attached hydrogens (tertiary/aromatic N) is 3. The van der Waals surface area contributed by atoms with E-state index in [1.165, 1.54) is 9.87 Å². The second-order valence-corrected chi connectivity index (χ2v) is 10.2. The van der Waals surface area contributed by atoms with Gasteiger partial charge in [0, 0.05) is 25.4 Å². The molecule has 8 heteroatoms. The number of aryl methyl sites for hydroxylation is 1. The fraction of sp³-hybridized carbons (Fsp3) is 0.348. The molecule has 1 aromatic heterocycles. The maximum absolute atomic E-state index is 13.0. The number of imidazole rings is 1. The molecular weight excluding hydrogens is 430 g/mol. The molecule has 1 aliphatic rings. The fourth-order valence-corrected chi connectivity index (χ4v) is 5.87. The second-order valence-electron chi connectivity index (χ2n) is 7.27. The summed E-state index contributed by atoms with van der Waals surface area (Å²) in [4.78, 5) is 5.07. The lowest BCUT2D eigenvalue weighted by Crippen LogP contribution is -2.40. The number of fused-ring (bicyclic) bond motifs is 1. The Morgan fingerprint density at radius 3 is 2.65 bits per heavy atom. The highest BCUT2D eigenvalue weighted by Gasteiger charge is 2.27. The maximum Gasteiger partial charge on any atom is 0.243 e. The zero-order valence-electron chi connectivity index (χ0n) is 17.6. The second kappa shape index (κ2) is 9.99. The van der Waals surface area contributed by atoms with Crippen LogP contribution < -0.4 is 0 Å². The van der Waals surface area contributed by atoms with Gasteiger partial charge in [-0.1, -0.05) is 42.5 Å². The third kappa shape index (κ3) is 5.03. The molecule has 6 nitrogen and oxygen atoms in total. The smallest absolute Gasteiger partial charge is 0.243 e. The van der Waals surface area contributed by atoms with Crippen molar-refractivity contribution in [1.82, 2.24) is 13.9 Å². The van der Waals surface area contributed by atoms with Crippen molar-refractivity contribution >= 4 is 38.9 Å². The summed E-state index contributed by atoms with van der Waals surface area (Å²) in [6.45, 7) is 4.53. The minimum atomic E-state index is -3.52. The van der Waals surface area contributed by atoms with Gasteiger partial charge < -0.3 is 9.30 Å². The lowest BCUT2D eigenvalue weighted by Gasteiger charge is -2.26. The van der Waals surface area contributed by atoms with E-state index in [9.17, 15) is 8.42 Å². The molecule has 164 valence electrons. The van der Waals surface area contributed by atoms with Gasteiger partial charge in [-0.05, 0) is 30.7 Å². The number of thioether (sulfide) groups is 1. The molecule has 0 atom stereocenters. The van der Waals surface area contributed by atoms with E-state index >= 15 is 0 Å². The molecular formula is C23H27N3O3S2. The van der Waals surface area contributed by atoms with Crippen LogP contribution in [0.1, 0.15) is 18.3 Å². The molecule has 0 unspecified atom stereocenters. The highest BCUT2D eigenvalue weighted by atomic mass is 32.2. The summed E-state index contributed by atoms with van der Waals surface area (Å²) < 4.78 is 34.9. The van der Waals surface area contributed by atoms with Crippen LogP contribution in [0.15, 0.2) is 59.5 Å². The molecule has 0 radical (unpaired) electrons. The van der Waals surface area contributed by atoms with Crippen LogP contribution >= 0.6 is 11.8 Å². The third-order valence-electron chi connectivity index (χ3n) is 5.28. The van der Waals surface area contributed by atoms with Crippen molar-refractivity contribution in [3.63, 3.8) is 0 Å². The summed E-state index contributed by atoms with van der Waals surface area (Å²) in [5.41, 5.74) is 2.89. The number of benzene rings is 2. The van der Waals surface area contributed by atoms with E-state index < -0.39 is 10.0 Å². The highest BCUT2D eigenvalue weighted by molar-refractivity contribution is 7.98. The summed E-state index contributed by atoms with van der Waals surface area (Å²) in [6, 6.07) is 15.5. The van der Waals surface area contributed by atoms with E-state index in [0.29, 0.717) is 31.2 Å². The summed E-state index contributed by atoms with van der Waals surface area (Å²) in [5.74, 6) is 2.63. The normalized spacial score (nSPS) is 15.8. The van der Waals surface area contributed by atoms with Crippen molar-refractivity contribution in [2.75, 3.05) is 32.1 Å². The maximum atomic E-state index is 13.0. The van der Waals surface area contributed by atoms with Gasteiger partial charge in [0.1, 0.15) is 5.82 Å². The van der Waals surface area contributed by atoms with Gasteiger partial charge >= 0.3 is 0 Å². The SMILES string of the molecule is CCn1c(CSCC=Cc2ccccc2)nc2cc(S(=O)(=O)N3CCOCC3)ccc21. The molecule has 2 aromatic carbocycles. The highest BCUT2D eigenvalue weighted by Crippen LogP contribution is 2.25. The van der Waals surface area contributed by atoms with Gasteiger partial charge in [-0.25, -0.2) is 13.4 Å². The van der Waals surface area contributed by atoms with E-state index in [2.05, 4.69) is 35.8 Å². The first kappa shape index (κ1) is 22.1. The number of sulfonamides is 1. The van der Waals surface area contributed by atoms with Crippen LogP contribution in [0, 0.1) is 0 Å². The molecule has 0 aliphatic carbocycles. The van der Waals surface area contributed by atoms with Gasteiger partial charge in [0.2, 0.25) is 10.0 Å². The molecule has 0 N–H and O–H groups in total. The van der Waals surface area contributed by atoms with Crippen molar-refractivity contribution in [2.24, 2.45) is 0 Å². The fourth-order valence-electron chi connectivity index (χ4n) is 3.69. The van der Waals surface area contributed by atoms with Gasteiger partial charge in [-0.2, -0.15) is 4.31 Å². The predicted molar refractivity (Wildman–Crippen MR) is 127 cm³/mol. The summed E-state index contributed by atoms with van der Waals surface area (Å²) in [5, 5.41) is 0. The molecule has 0 bridgehead atoms. The van der Waals surface area contributed by atoms with Crippen LogP contribution in [0.5, 0.6) is 0 Å². The van der Waals surface area contributed by atoms with Crippen LogP contribution in [-0.4, -0.2) is 54.3 Å². The van der Waals surface area contributed by atoms with Crippen LogP contribution in [0.2, 0.25) is 0 Å². The van der Waals surface area contributed by atoms with E-state index in [-0.39, 0.29) is 0 Å². The zero-order valence-corrected chi connectivity index (χ0v) is 19.2. The van der Waals surface area contributed by atoms with Crippen LogP contribution in [-0.2, 0) is 27.1 Å². The minimum Gasteiger partial charge on any atom is -0.379 e. The molecule has 1 aliphatic heterocycles. The van der Waals surface area contributed by atoms with E-state index in [1.54, 1.807) is 23.9 Å². The molecule has 2 heterocycles. The van der Waals surface area contributed by atoms with Crippen LogP contribution in [0.3, 0.4) is 0 Å². The molecule has 1 fully saturated rings. The van der Waals surface area contributed by atoms with E-state index in [4.69, 9.17) is 9.72 Å². The number of aromatic nitrogens is 2. The van der Waals surface area contributed by atoms with Gasteiger partial charge in [0.15, 0.2) is 0 Å². The number of ether oxygens (including phenoxy) is 1. The summed E-state index contributed by atoms with van der Waals surface area (Å²) in [7, 11) is -3.52. The first-order valence-electron chi connectivity index (χ1n) is 10.5. The van der Waals surface area contributed by atoms with Crippen molar-refractivity contribution < 1.29 is 13.2 Å². The van der Waals surface area contributed by atoms with Crippen molar-refractivity contribution in [3.05, 3.63) is 66.0 Å². The Kier molecular flexibility index (Phi) is 7.12. The Morgan fingerprint density at radius 1 is 1.13 bits per heavy atom. The summed E-state index contributed by atoms with van der Waals surface area (Å²) >= 11 is 1.79. The Bertz CT molecular complexity index is 1150. The van der Waals surface area contributed by atoms with E-state index in [1.807, 2.05) is 24.3 Å². The average molecular weight is 458 g/mol. The average Bonchev–Trinajstić information content (AvgIpc) is 3.16. The van der Waals surface area contributed by atoms with Gasteiger partial charge in [0.05, 0.1) is 34.9 Å². The minimum absolute atomic E-state index is 0.299. The molecule has 0 amide bonds. The van der Waals surface area contributed by atoms with Gasteiger partial charge in [-0.15, -0.1) is 11.8 Å². The Morgan fingerprint density at radius 2 is 1.90 bits per heavy atom. The lowest BCUT2D eigenvalue weighted by molar-refractivity contribution is 0.0730. The van der Waals surface area contributed by atoms with Crippen LogP contribution in [0.25, 0.3) is 17.1 Å². The van der Waals surface area contributed by atoms with Crippen LogP contribution in [0.4, 0.5) is 0 Å². The lowest BCUT2D eigenvalue weighted by atomic mass is 10.2. The molecule has 0 saturated carbocycles. The van der Waals surface area contributed by atoms with Crippen molar-refractivity contribution in [2.45, 2.75) is 24.1 Å². The first-order chi connectivity index (χ1) is 15.1. The van der Waals surface area contributed by atoms with Gasteiger partial charge in [0.25, 0.3) is 0 Å². The monoisotopic (exact) mass is 457 g/mol. The number of morpholine rings is 1. The molecule has 31 heavy (non-hydrogen) atoms. The molecule has 1 saturated heterocycles. The Labute approximate surface area is 188 Å². The largest absolute Gasteiger partial charge is 0.379 e. The van der Waals surface area contributed by atoms with E-state index in [0.717, 1.165) is 34.9 Å². The van der Waals surface area contributed by atoms with Gasteiger partial charge in [-0.3, -0.25) is 0 Å². The number of hydrogen-bond acceptors (Lipinski definition) is 5. The quantitative estimate of drug-likeness (QED) is 0.478. The summed E-state index contributed by atoms with van der Waals surface area (Å²) in [6.07, 6.45) is 4.28. The standard InChI is InChI=1S/C23H27N3O3S2/c1-2-26-22-11-10-20(31(27,28)25-12-14-29-15-13-25)17-21(22)24-23(26)18-30-16-6-9-19-7-4-3-5-8-19/h3-11,17H,2,12-16,18H2,1H3. The predicted octanol–water partition coefficient (Wildman–Crippen LogP) is 4.02. The first-order valence-corrected chi connectivity index (χ1v) is 13.1.